The fourth-order valence-corrected chi connectivity index (χ4v) is 5.89. The van der Waals surface area contributed by atoms with Gasteiger partial charge in [-0.05, 0) is 73.7 Å². The van der Waals surface area contributed by atoms with Gasteiger partial charge in [0.05, 0.1) is 17.2 Å². The summed E-state index contributed by atoms with van der Waals surface area (Å²) < 4.78 is 36.0. The molecule has 3 atom stereocenters. The number of piperidine rings is 1. The lowest BCUT2D eigenvalue weighted by Gasteiger charge is -2.27. The summed E-state index contributed by atoms with van der Waals surface area (Å²) in [6, 6.07) is 7.67. The second kappa shape index (κ2) is 8.91. The van der Waals surface area contributed by atoms with Gasteiger partial charge >= 0.3 is 5.97 Å². The number of carboxylic acids is 1. The second-order valence-corrected chi connectivity index (χ2v) is 10.1. The maximum absolute atomic E-state index is 14.1. The lowest BCUT2D eigenvalue weighted by atomic mass is 10.0. The first-order valence-electron chi connectivity index (χ1n) is 11.4. The number of halogens is 1. The van der Waals surface area contributed by atoms with Gasteiger partial charge in [-0.2, -0.15) is 0 Å². The standard InChI is InChI=1S/C25H27FN2O4S/c1-2-28-9-3-4-15(13-28)10-16-11-18(26)5-8-22(16)33(31)27-21-7-6-19-20-12-17(20)14-32-24(19)23(21)25(29)30/h5-8,10-11,17,20,27H,2-4,9,12-14H2,1H3,(H,29,30)/b15-10-/t17-,20-,33?/m0/s1. The Morgan fingerprint density at radius 2 is 2.21 bits per heavy atom. The number of anilines is 1. The Kier molecular flexibility index (Phi) is 5.97. The van der Waals surface area contributed by atoms with Gasteiger partial charge in [-0.25, -0.2) is 13.4 Å². The Morgan fingerprint density at radius 1 is 1.36 bits per heavy atom. The van der Waals surface area contributed by atoms with Crippen molar-refractivity contribution in [1.29, 1.82) is 0 Å². The SMILES string of the molecule is CCN1CCC/C(=C/c2cc(F)ccc2S(=O)Nc2ccc3c(c2C(=O)O)OC[C@@H]2C[C@H]32)C1. The third kappa shape index (κ3) is 4.42. The van der Waals surface area contributed by atoms with Crippen LogP contribution in [0.3, 0.4) is 0 Å². The lowest BCUT2D eigenvalue weighted by Crippen LogP contribution is -2.30. The smallest absolute Gasteiger partial charge is 0.341 e. The zero-order chi connectivity index (χ0) is 23.1. The van der Waals surface area contributed by atoms with Crippen LogP contribution in [-0.4, -0.2) is 46.4 Å². The van der Waals surface area contributed by atoms with E-state index in [4.69, 9.17) is 4.74 Å². The van der Waals surface area contributed by atoms with E-state index in [0.29, 0.717) is 34.7 Å². The number of likely N-dealkylation sites (N-methyl/N-ethyl adjacent to an activating group) is 1. The molecule has 1 unspecified atom stereocenters. The Labute approximate surface area is 195 Å². The van der Waals surface area contributed by atoms with Crippen LogP contribution in [0.25, 0.3) is 6.08 Å². The molecule has 2 N–H and O–H groups in total. The van der Waals surface area contributed by atoms with Crippen molar-refractivity contribution < 1.29 is 23.2 Å². The third-order valence-corrected chi connectivity index (χ3v) is 7.92. The molecule has 2 heterocycles. The van der Waals surface area contributed by atoms with Gasteiger partial charge < -0.3 is 14.6 Å². The maximum Gasteiger partial charge on any atom is 0.341 e. The van der Waals surface area contributed by atoms with Gasteiger partial charge in [0.15, 0.2) is 11.0 Å². The average Bonchev–Trinajstić information content (AvgIpc) is 3.59. The van der Waals surface area contributed by atoms with E-state index in [-0.39, 0.29) is 11.3 Å². The number of hydrogen-bond acceptors (Lipinski definition) is 4. The summed E-state index contributed by atoms with van der Waals surface area (Å²) in [4.78, 5) is 14.8. The van der Waals surface area contributed by atoms with Crippen LogP contribution < -0.4 is 9.46 Å². The van der Waals surface area contributed by atoms with Crippen molar-refractivity contribution in [2.75, 3.05) is 31.0 Å². The zero-order valence-corrected chi connectivity index (χ0v) is 19.3. The summed E-state index contributed by atoms with van der Waals surface area (Å²) in [5.74, 6) is -0.358. The van der Waals surface area contributed by atoms with E-state index in [0.717, 1.165) is 44.5 Å². The van der Waals surface area contributed by atoms with Crippen molar-refractivity contribution in [2.45, 2.75) is 37.0 Å². The van der Waals surface area contributed by atoms with E-state index in [9.17, 15) is 18.5 Å². The van der Waals surface area contributed by atoms with Crippen molar-refractivity contribution in [3.8, 4) is 5.75 Å². The molecule has 8 heteroatoms. The summed E-state index contributed by atoms with van der Waals surface area (Å²) in [5, 5.41) is 9.88. The minimum absolute atomic E-state index is 0.000848. The second-order valence-electron chi connectivity index (χ2n) is 8.95. The number of nitrogens with one attached hydrogen (secondary N) is 1. The number of rotatable bonds is 6. The van der Waals surface area contributed by atoms with Gasteiger partial charge in [0, 0.05) is 12.5 Å². The molecule has 2 aromatic rings. The van der Waals surface area contributed by atoms with E-state index in [1.54, 1.807) is 6.07 Å². The van der Waals surface area contributed by atoms with Crippen LogP contribution in [0.15, 0.2) is 40.8 Å². The highest BCUT2D eigenvalue weighted by molar-refractivity contribution is 7.86. The van der Waals surface area contributed by atoms with Crippen molar-refractivity contribution in [1.82, 2.24) is 4.90 Å². The first-order chi connectivity index (χ1) is 15.9. The Bertz CT molecular complexity index is 1170. The molecule has 0 spiro atoms. The summed E-state index contributed by atoms with van der Waals surface area (Å²) in [6.07, 6.45) is 4.87. The molecule has 2 aromatic carbocycles. The maximum atomic E-state index is 14.1. The number of carbonyl (C=O) groups is 1. The fourth-order valence-electron chi connectivity index (χ4n) is 4.89. The monoisotopic (exact) mass is 470 g/mol. The van der Waals surface area contributed by atoms with Gasteiger partial charge in [-0.15, -0.1) is 0 Å². The molecule has 3 aliphatic rings. The molecule has 1 aliphatic carbocycles. The molecule has 2 fully saturated rings. The molecule has 0 aromatic heterocycles. The fraction of sp³-hybridized carbons (Fsp3) is 0.400. The largest absolute Gasteiger partial charge is 0.492 e. The van der Waals surface area contributed by atoms with Gasteiger partial charge in [0.2, 0.25) is 0 Å². The van der Waals surface area contributed by atoms with Crippen molar-refractivity contribution in [2.24, 2.45) is 5.92 Å². The topological polar surface area (TPSA) is 78.9 Å². The molecule has 174 valence electrons. The van der Waals surface area contributed by atoms with E-state index in [2.05, 4.69) is 16.5 Å². The third-order valence-electron chi connectivity index (χ3n) is 6.75. The highest BCUT2D eigenvalue weighted by atomic mass is 32.2. The van der Waals surface area contributed by atoms with Crippen LogP contribution in [-0.2, 0) is 11.0 Å². The van der Waals surface area contributed by atoms with E-state index in [1.165, 1.54) is 23.8 Å². The molecule has 2 aliphatic heterocycles. The Balaban J connectivity index is 1.46. The molecule has 33 heavy (non-hydrogen) atoms. The number of carboxylic acid groups (broad SMARTS) is 1. The Morgan fingerprint density at radius 3 is 3.00 bits per heavy atom. The summed E-state index contributed by atoms with van der Waals surface area (Å²) in [5.41, 5.74) is 2.85. The highest BCUT2D eigenvalue weighted by Gasteiger charge is 2.45. The van der Waals surface area contributed by atoms with Crippen molar-refractivity contribution in [3.63, 3.8) is 0 Å². The van der Waals surface area contributed by atoms with Crippen LogP contribution in [0.2, 0.25) is 0 Å². The molecule has 5 rings (SSSR count). The minimum Gasteiger partial charge on any atom is -0.492 e. The van der Waals surface area contributed by atoms with E-state index < -0.39 is 22.8 Å². The normalized spacial score (nSPS) is 23.9. The summed E-state index contributed by atoms with van der Waals surface area (Å²) in [7, 11) is -1.79. The van der Waals surface area contributed by atoms with Crippen LogP contribution in [0.5, 0.6) is 5.75 Å². The van der Waals surface area contributed by atoms with E-state index >= 15 is 0 Å². The zero-order valence-electron chi connectivity index (χ0n) is 18.5. The molecule has 0 amide bonds. The van der Waals surface area contributed by atoms with Gasteiger partial charge in [0.1, 0.15) is 17.1 Å². The van der Waals surface area contributed by atoms with Gasteiger partial charge in [-0.1, -0.05) is 24.6 Å². The van der Waals surface area contributed by atoms with Crippen molar-refractivity contribution >= 4 is 28.7 Å². The highest BCUT2D eigenvalue weighted by Crippen LogP contribution is 2.55. The number of aromatic carboxylic acids is 1. The molecule has 1 saturated carbocycles. The Hall–Kier alpha value is -2.71. The number of nitrogens with zero attached hydrogens (tertiary/aromatic N) is 1. The molecule has 1 saturated heterocycles. The quantitative estimate of drug-likeness (QED) is 0.642. The summed E-state index contributed by atoms with van der Waals surface area (Å²) in [6.45, 7) is 5.41. The predicted molar refractivity (Wildman–Crippen MR) is 126 cm³/mol. The molecule has 0 radical (unpaired) electrons. The first-order valence-corrected chi connectivity index (χ1v) is 12.5. The molecular weight excluding hydrogens is 443 g/mol. The first kappa shape index (κ1) is 22.1. The molecular formula is C25H27FN2O4S. The lowest BCUT2D eigenvalue weighted by molar-refractivity contribution is 0.0692. The number of hydrogen-bond donors (Lipinski definition) is 2. The van der Waals surface area contributed by atoms with Crippen molar-refractivity contribution in [3.05, 3.63) is 58.4 Å². The molecule has 6 nitrogen and oxygen atoms in total. The van der Waals surface area contributed by atoms with Crippen LogP contribution in [0, 0.1) is 11.7 Å². The number of ether oxygens (including phenoxy) is 1. The number of likely N-dealkylation sites (tertiary alicyclic amines) is 1. The average molecular weight is 471 g/mol. The minimum atomic E-state index is -1.79. The van der Waals surface area contributed by atoms with Gasteiger partial charge in [-0.3, -0.25) is 4.90 Å². The summed E-state index contributed by atoms with van der Waals surface area (Å²) >= 11 is 0. The molecule has 0 bridgehead atoms. The van der Waals surface area contributed by atoms with E-state index in [1.807, 2.05) is 12.1 Å². The number of fused-ring (bicyclic) bond motifs is 3. The van der Waals surface area contributed by atoms with Gasteiger partial charge in [0.25, 0.3) is 0 Å². The van der Waals surface area contributed by atoms with Crippen LogP contribution in [0.4, 0.5) is 10.1 Å². The predicted octanol–water partition coefficient (Wildman–Crippen LogP) is 4.65. The van der Waals surface area contributed by atoms with Crippen LogP contribution >= 0.6 is 0 Å². The van der Waals surface area contributed by atoms with Crippen LogP contribution in [0.1, 0.15) is 53.6 Å². The number of benzene rings is 2.